The number of methoxy groups -OCH3 is 1. The molecule has 0 spiro atoms. The molecule has 0 radical (unpaired) electrons. The second-order valence-electron chi connectivity index (χ2n) is 16.9. The number of fused-ring (bicyclic) bond motifs is 2. The SMILES string of the molecule is CNS(=O)(=O)Cc1ccc2[nH]cc(CCN(C)C)c2c1.COc1ccccc1CN(C[C@@H](Cc1c[nH]c2ccccc12)NC(=O)CN1CCN(C2CCCCC2)CC1)C(C)=O. The molecular weight excluding hydrogens is 789 g/mol. The van der Waals surface area contributed by atoms with Crippen LogP contribution in [0, 0.1) is 0 Å². The minimum absolute atomic E-state index is 0.0116. The van der Waals surface area contributed by atoms with Gasteiger partial charge < -0.3 is 29.8 Å². The summed E-state index contributed by atoms with van der Waals surface area (Å²) >= 11 is 0. The second kappa shape index (κ2) is 21.9. The number of hydrogen-bond acceptors (Lipinski definition) is 8. The van der Waals surface area contributed by atoms with Gasteiger partial charge in [-0.15, -0.1) is 0 Å². The fraction of sp³-hybridized carbons (Fsp3) is 0.489. The number of rotatable bonds is 17. The zero-order valence-electron chi connectivity index (χ0n) is 36.7. The number of likely N-dealkylation sites (N-methyl/N-ethyl adjacent to an activating group) is 1. The molecule has 0 unspecified atom stereocenters. The van der Waals surface area contributed by atoms with E-state index in [1.54, 1.807) is 18.9 Å². The number of aromatic nitrogens is 2. The number of carbonyl (C=O) groups is 2. The van der Waals surface area contributed by atoms with Gasteiger partial charge in [-0.1, -0.05) is 61.7 Å². The highest BCUT2D eigenvalue weighted by molar-refractivity contribution is 7.88. The topological polar surface area (TPSA) is 146 Å². The summed E-state index contributed by atoms with van der Waals surface area (Å²) in [5.74, 6) is 0.746. The lowest BCUT2D eigenvalue weighted by Crippen LogP contribution is -2.54. The number of hydrogen-bond donors (Lipinski definition) is 4. The first-order valence-electron chi connectivity index (χ1n) is 21.7. The molecule has 1 saturated carbocycles. The van der Waals surface area contributed by atoms with E-state index in [1.807, 2.05) is 81.1 Å². The summed E-state index contributed by atoms with van der Waals surface area (Å²) in [6, 6.07) is 22.2. The molecule has 7 rings (SSSR count). The molecule has 3 heterocycles. The van der Waals surface area contributed by atoms with E-state index in [0.717, 1.165) is 89.4 Å². The minimum Gasteiger partial charge on any atom is -0.496 e. The number of piperazine rings is 1. The van der Waals surface area contributed by atoms with Crippen LogP contribution in [0.5, 0.6) is 5.75 Å². The predicted octanol–water partition coefficient (Wildman–Crippen LogP) is 5.52. The van der Waals surface area contributed by atoms with Crippen LogP contribution in [-0.4, -0.2) is 136 Å². The number of aromatic amines is 2. The van der Waals surface area contributed by atoms with E-state index in [0.29, 0.717) is 26.1 Å². The molecule has 2 aliphatic rings. The second-order valence-corrected chi connectivity index (χ2v) is 18.8. The maximum Gasteiger partial charge on any atom is 0.234 e. The van der Waals surface area contributed by atoms with Crippen LogP contribution in [0.4, 0.5) is 0 Å². The van der Waals surface area contributed by atoms with Gasteiger partial charge in [0, 0.05) is 98.5 Å². The Morgan fingerprint density at radius 1 is 0.869 bits per heavy atom. The van der Waals surface area contributed by atoms with Gasteiger partial charge in [-0.25, -0.2) is 13.1 Å². The summed E-state index contributed by atoms with van der Waals surface area (Å²) in [5, 5.41) is 5.56. The Morgan fingerprint density at radius 3 is 2.26 bits per heavy atom. The van der Waals surface area contributed by atoms with Crippen molar-refractivity contribution in [1.29, 1.82) is 0 Å². The lowest BCUT2D eigenvalue weighted by atomic mass is 9.94. The van der Waals surface area contributed by atoms with Crippen molar-refractivity contribution in [2.24, 2.45) is 0 Å². The van der Waals surface area contributed by atoms with E-state index in [2.05, 4.69) is 46.8 Å². The summed E-state index contributed by atoms with van der Waals surface area (Å²) in [6.45, 7) is 7.68. The molecule has 1 aliphatic carbocycles. The summed E-state index contributed by atoms with van der Waals surface area (Å²) in [7, 11) is 3.93. The molecule has 13 nitrogen and oxygen atoms in total. The smallest absolute Gasteiger partial charge is 0.234 e. The molecule has 2 fully saturated rings. The van der Waals surface area contributed by atoms with Crippen molar-refractivity contribution in [2.75, 3.05) is 74.1 Å². The van der Waals surface area contributed by atoms with Crippen molar-refractivity contribution in [1.82, 2.24) is 39.6 Å². The number of nitrogens with zero attached hydrogens (tertiary/aromatic N) is 4. The third kappa shape index (κ3) is 13.1. The van der Waals surface area contributed by atoms with Crippen molar-refractivity contribution in [2.45, 2.75) is 76.3 Å². The fourth-order valence-corrected chi connectivity index (χ4v) is 9.47. The van der Waals surface area contributed by atoms with E-state index in [1.165, 1.54) is 44.7 Å². The highest BCUT2D eigenvalue weighted by atomic mass is 32.2. The number of para-hydroxylation sites is 2. The molecule has 4 N–H and O–H groups in total. The molecule has 0 bridgehead atoms. The van der Waals surface area contributed by atoms with E-state index in [-0.39, 0.29) is 23.6 Å². The van der Waals surface area contributed by atoms with Crippen LogP contribution in [0.3, 0.4) is 0 Å². The predicted molar refractivity (Wildman–Crippen MR) is 245 cm³/mol. The Morgan fingerprint density at radius 2 is 1.56 bits per heavy atom. The standard InChI is InChI=1S/C33H45N5O3.C14H21N3O2S/c1-25(39)38(22-26-10-6-9-15-32(26)41-2)23-28(20-27-21-34-31-14-8-7-13-30(27)31)35-33(40)24-36-16-18-37(19-17-36)29-11-4-3-5-12-29;1-15-20(18,19)10-11-4-5-14-13(8-11)12(9-16-14)6-7-17(2)3/h6-10,13-15,21,28-29,34H,3-5,11-12,16-20,22-24H2,1-2H3,(H,35,40);4-5,8-9,15-16H,6-7,10H2,1-3H3/t28-;/m1./s1. The number of sulfonamides is 1. The average Bonchev–Trinajstić information content (AvgIpc) is 3.86. The first-order valence-corrected chi connectivity index (χ1v) is 23.4. The Kier molecular flexibility index (Phi) is 16.4. The maximum absolute atomic E-state index is 13.4. The van der Waals surface area contributed by atoms with Crippen LogP contribution >= 0.6 is 0 Å². The van der Waals surface area contributed by atoms with E-state index in [9.17, 15) is 18.0 Å². The van der Waals surface area contributed by atoms with Gasteiger partial charge in [0.2, 0.25) is 21.8 Å². The zero-order chi connectivity index (χ0) is 43.4. The summed E-state index contributed by atoms with van der Waals surface area (Å²) in [5.41, 5.74) is 6.21. The lowest BCUT2D eigenvalue weighted by Gasteiger charge is -2.40. The molecule has 2 amide bonds. The third-order valence-electron chi connectivity index (χ3n) is 12.1. The summed E-state index contributed by atoms with van der Waals surface area (Å²) < 4.78 is 31.1. The highest BCUT2D eigenvalue weighted by Gasteiger charge is 2.27. The van der Waals surface area contributed by atoms with Crippen LogP contribution in [0.2, 0.25) is 0 Å². The number of carbonyl (C=O) groups excluding carboxylic acids is 2. The van der Waals surface area contributed by atoms with Crippen molar-refractivity contribution >= 4 is 43.6 Å². The number of H-pyrrole nitrogens is 2. The molecule has 5 aromatic rings. The Hall–Kier alpha value is -4.73. The van der Waals surface area contributed by atoms with Crippen LogP contribution < -0.4 is 14.8 Å². The number of nitrogens with one attached hydrogen (secondary N) is 4. The largest absolute Gasteiger partial charge is 0.496 e. The monoisotopic (exact) mass is 854 g/mol. The van der Waals surface area contributed by atoms with E-state index in [4.69, 9.17) is 4.74 Å². The lowest BCUT2D eigenvalue weighted by molar-refractivity contribution is -0.131. The number of amides is 2. The molecule has 330 valence electrons. The highest BCUT2D eigenvalue weighted by Crippen LogP contribution is 2.25. The number of benzene rings is 3. The van der Waals surface area contributed by atoms with Crippen molar-refractivity contribution in [3.8, 4) is 5.75 Å². The average molecular weight is 855 g/mol. The van der Waals surface area contributed by atoms with Crippen LogP contribution in [0.1, 0.15) is 61.3 Å². The Balaban J connectivity index is 0.000000260. The van der Waals surface area contributed by atoms with Gasteiger partial charge in [0.25, 0.3) is 0 Å². The van der Waals surface area contributed by atoms with Crippen molar-refractivity contribution < 1.29 is 22.7 Å². The Labute approximate surface area is 362 Å². The molecule has 1 aliphatic heterocycles. The van der Waals surface area contributed by atoms with Crippen molar-refractivity contribution in [3.63, 3.8) is 0 Å². The first kappa shape index (κ1) is 45.8. The molecule has 1 saturated heterocycles. The molecular formula is C47H66N8O5S. The first-order chi connectivity index (χ1) is 29.4. The molecule has 3 aromatic carbocycles. The molecule has 14 heteroatoms. The molecule has 61 heavy (non-hydrogen) atoms. The summed E-state index contributed by atoms with van der Waals surface area (Å²) in [4.78, 5) is 41.7. The van der Waals surface area contributed by atoms with Crippen LogP contribution in [0.25, 0.3) is 21.8 Å². The van der Waals surface area contributed by atoms with Crippen molar-refractivity contribution in [3.05, 3.63) is 101 Å². The van der Waals surface area contributed by atoms with Crippen LogP contribution in [-0.2, 0) is 44.8 Å². The van der Waals surface area contributed by atoms with E-state index < -0.39 is 10.0 Å². The van der Waals surface area contributed by atoms with Gasteiger partial charge in [-0.3, -0.25) is 19.4 Å². The van der Waals surface area contributed by atoms with Gasteiger partial charge >= 0.3 is 0 Å². The van der Waals surface area contributed by atoms with Gasteiger partial charge in [0.05, 0.1) is 25.4 Å². The fourth-order valence-electron chi connectivity index (χ4n) is 8.70. The normalized spacial score (nSPS) is 16.0. The van der Waals surface area contributed by atoms with Gasteiger partial charge in [0.15, 0.2) is 0 Å². The van der Waals surface area contributed by atoms with E-state index >= 15 is 0 Å². The quantitative estimate of drug-likeness (QED) is 0.0957. The third-order valence-corrected chi connectivity index (χ3v) is 13.5. The van der Waals surface area contributed by atoms with Crippen LogP contribution in [0.15, 0.2) is 79.1 Å². The Bertz CT molecular complexity index is 2290. The summed E-state index contributed by atoms with van der Waals surface area (Å²) in [6.07, 6.45) is 12.3. The minimum atomic E-state index is -3.23. The van der Waals surface area contributed by atoms with Gasteiger partial charge in [0.1, 0.15) is 5.75 Å². The zero-order valence-corrected chi connectivity index (χ0v) is 37.5. The number of ether oxygens (including phenoxy) is 1. The molecule has 1 atom stereocenters. The van der Waals surface area contributed by atoms with Gasteiger partial charge in [-0.2, -0.15) is 0 Å². The molecule has 2 aromatic heterocycles. The van der Waals surface area contributed by atoms with Gasteiger partial charge in [-0.05, 0) is 87.8 Å². The maximum atomic E-state index is 13.4.